The first-order chi connectivity index (χ1) is 8.68. The molecule has 1 atom stereocenters. The van der Waals surface area contributed by atoms with Gasteiger partial charge in [-0.15, -0.1) is 0 Å². The minimum Gasteiger partial charge on any atom is -0.350 e. The van der Waals surface area contributed by atoms with Crippen molar-refractivity contribution < 1.29 is 4.79 Å². The minimum absolute atomic E-state index is 0.174. The van der Waals surface area contributed by atoms with Crippen LogP contribution in [-0.2, 0) is 11.3 Å². The van der Waals surface area contributed by atoms with Crippen molar-refractivity contribution >= 4 is 17.2 Å². The van der Waals surface area contributed by atoms with Crippen LogP contribution in [-0.4, -0.2) is 18.0 Å². The van der Waals surface area contributed by atoms with Crippen molar-refractivity contribution in [1.82, 2.24) is 10.6 Å². The summed E-state index contributed by atoms with van der Waals surface area (Å²) in [4.78, 5) is 12.4. The van der Waals surface area contributed by atoms with Gasteiger partial charge in [-0.05, 0) is 54.6 Å². The van der Waals surface area contributed by atoms with Crippen LogP contribution < -0.4 is 10.6 Å². The van der Waals surface area contributed by atoms with Crippen LogP contribution in [0.2, 0.25) is 0 Å². The molecule has 1 aromatic heterocycles. The maximum atomic E-state index is 12.4. The molecule has 2 heterocycles. The van der Waals surface area contributed by atoms with E-state index >= 15 is 0 Å². The van der Waals surface area contributed by atoms with Crippen molar-refractivity contribution in [2.45, 2.75) is 51.6 Å². The monoisotopic (exact) mass is 266 g/mol. The van der Waals surface area contributed by atoms with E-state index in [4.69, 9.17) is 0 Å². The number of nitrogens with one attached hydrogen (secondary N) is 2. The number of carbonyl (C=O) groups is 1. The van der Waals surface area contributed by atoms with Gasteiger partial charge in [0.15, 0.2) is 0 Å². The summed E-state index contributed by atoms with van der Waals surface area (Å²) in [6, 6.07) is 0. The summed E-state index contributed by atoms with van der Waals surface area (Å²) < 4.78 is 0. The zero-order valence-electron chi connectivity index (χ0n) is 11.2. The van der Waals surface area contributed by atoms with Crippen LogP contribution in [0.25, 0.3) is 0 Å². The number of hydrogen-bond donors (Lipinski definition) is 2. The second kappa shape index (κ2) is 5.85. The minimum atomic E-state index is -0.307. The third kappa shape index (κ3) is 2.75. The molecule has 0 aliphatic carbocycles. The van der Waals surface area contributed by atoms with E-state index in [1.165, 1.54) is 11.1 Å². The predicted molar refractivity (Wildman–Crippen MR) is 75.8 cm³/mol. The Hall–Kier alpha value is -0.870. The predicted octanol–water partition coefficient (Wildman–Crippen LogP) is 2.60. The van der Waals surface area contributed by atoms with E-state index in [1.807, 2.05) is 0 Å². The molecule has 2 N–H and O–H groups in total. The molecule has 2 rings (SSSR count). The summed E-state index contributed by atoms with van der Waals surface area (Å²) in [6.07, 6.45) is 4.04. The molecule has 0 aromatic carbocycles. The number of hydrogen-bond acceptors (Lipinski definition) is 3. The molecule has 18 heavy (non-hydrogen) atoms. The molecule has 1 amide bonds. The van der Waals surface area contributed by atoms with Crippen molar-refractivity contribution in [3.63, 3.8) is 0 Å². The number of carbonyl (C=O) groups excluding carboxylic acids is 1. The largest absolute Gasteiger partial charge is 0.350 e. The van der Waals surface area contributed by atoms with Crippen molar-refractivity contribution in [3.8, 4) is 0 Å². The molecule has 0 saturated carbocycles. The van der Waals surface area contributed by atoms with Crippen LogP contribution in [0.1, 0.15) is 43.7 Å². The summed E-state index contributed by atoms with van der Waals surface area (Å²) in [5.74, 6) is 0.174. The molecule has 4 heteroatoms. The van der Waals surface area contributed by atoms with E-state index in [2.05, 4.69) is 35.2 Å². The van der Waals surface area contributed by atoms with E-state index in [0.29, 0.717) is 6.54 Å². The Morgan fingerprint density at radius 1 is 1.56 bits per heavy atom. The van der Waals surface area contributed by atoms with E-state index in [9.17, 15) is 4.79 Å². The fraction of sp³-hybridized carbons (Fsp3) is 0.643. The molecule has 0 bridgehead atoms. The molecule has 1 unspecified atom stereocenters. The highest BCUT2D eigenvalue weighted by Crippen LogP contribution is 2.25. The first-order valence-electron chi connectivity index (χ1n) is 6.73. The average Bonchev–Trinajstić information content (AvgIpc) is 2.97. The molecule has 1 aliphatic heterocycles. The lowest BCUT2D eigenvalue weighted by Crippen LogP contribution is -2.53. The molecule has 1 aliphatic rings. The van der Waals surface area contributed by atoms with Gasteiger partial charge in [-0.3, -0.25) is 4.79 Å². The number of thiophene rings is 1. The Morgan fingerprint density at radius 3 is 2.94 bits per heavy atom. The van der Waals surface area contributed by atoms with Gasteiger partial charge in [0.1, 0.15) is 0 Å². The SMILES string of the molecule is CCCC1(C(=O)NCc2cscc2C)CCCN1. The van der Waals surface area contributed by atoms with Crippen molar-refractivity contribution in [2.24, 2.45) is 0 Å². The van der Waals surface area contributed by atoms with Gasteiger partial charge in [0, 0.05) is 6.54 Å². The van der Waals surface area contributed by atoms with E-state index < -0.39 is 0 Å². The molecule has 100 valence electrons. The molecular formula is C14H22N2OS. The molecule has 1 saturated heterocycles. The second-order valence-corrected chi connectivity index (χ2v) is 5.87. The number of rotatable bonds is 5. The summed E-state index contributed by atoms with van der Waals surface area (Å²) >= 11 is 1.69. The van der Waals surface area contributed by atoms with Gasteiger partial charge in [-0.1, -0.05) is 13.3 Å². The number of amides is 1. The zero-order chi connectivity index (χ0) is 13.0. The summed E-state index contributed by atoms with van der Waals surface area (Å²) in [7, 11) is 0. The average molecular weight is 266 g/mol. The van der Waals surface area contributed by atoms with Crippen LogP contribution in [0.5, 0.6) is 0 Å². The van der Waals surface area contributed by atoms with E-state index in [1.54, 1.807) is 11.3 Å². The summed E-state index contributed by atoms with van der Waals surface area (Å²) in [5.41, 5.74) is 2.20. The lowest BCUT2D eigenvalue weighted by Gasteiger charge is -2.27. The van der Waals surface area contributed by atoms with Gasteiger partial charge in [-0.25, -0.2) is 0 Å². The summed E-state index contributed by atoms with van der Waals surface area (Å²) in [6.45, 7) is 5.85. The van der Waals surface area contributed by atoms with Crippen molar-refractivity contribution in [1.29, 1.82) is 0 Å². The molecule has 1 aromatic rings. The zero-order valence-corrected chi connectivity index (χ0v) is 12.0. The second-order valence-electron chi connectivity index (χ2n) is 5.13. The Morgan fingerprint density at radius 2 is 2.39 bits per heavy atom. The Kier molecular flexibility index (Phi) is 4.40. The Balaban J connectivity index is 1.96. The van der Waals surface area contributed by atoms with Gasteiger partial charge >= 0.3 is 0 Å². The fourth-order valence-electron chi connectivity index (χ4n) is 2.67. The van der Waals surface area contributed by atoms with Crippen LogP contribution in [0.3, 0.4) is 0 Å². The summed E-state index contributed by atoms with van der Waals surface area (Å²) in [5, 5.41) is 10.7. The molecule has 0 spiro atoms. The van der Waals surface area contributed by atoms with Crippen molar-refractivity contribution in [2.75, 3.05) is 6.54 Å². The quantitative estimate of drug-likeness (QED) is 0.860. The normalized spacial score (nSPS) is 23.2. The molecule has 3 nitrogen and oxygen atoms in total. The van der Waals surface area contributed by atoms with Crippen molar-refractivity contribution in [3.05, 3.63) is 21.9 Å². The van der Waals surface area contributed by atoms with Crippen LogP contribution >= 0.6 is 11.3 Å². The fourth-order valence-corrected chi connectivity index (χ4v) is 3.52. The third-order valence-electron chi connectivity index (χ3n) is 3.76. The van der Waals surface area contributed by atoms with Gasteiger partial charge in [0.05, 0.1) is 5.54 Å². The van der Waals surface area contributed by atoms with Crippen LogP contribution in [0.4, 0.5) is 0 Å². The molecule has 1 fully saturated rings. The first-order valence-corrected chi connectivity index (χ1v) is 7.67. The highest BCUT2D eigenvalue weighted by Gasteiger charge is 2.39. The van der Waals surface area contributed by atoms with Gasteiger partial charge in [-0.2, -0.15) is 11.3 Å². The van der Waals surface area contributed by atoms with Gasteiger partial charge < -0.3 is 10.6 Å². The van der Waals surface area contributed by atoms with E-state index in [0.717, 1.165) is 32.2 Å². The topological polar surface area (TPSA) is 41.1 Å². The smallest absolute Gasteiger partial charge is 0.240 e. The van der Waals surface area contributed by atoms with Gasteiger partial charge in [0.2, 0.25) is 5.91 Å². The van der Waals surface area contributed by atoms with E-state index in [-0.39, 0.29) is 11.4 Å². The number of aryl methyl sites for hydroxylation is 1. The molecule has 0 radical (unpaired) electrons. The Labute approximate surface area is 113 Å². The maximum Gasteiger partial charge on any atom is 0.240 e. The maximum absolute atomic E-state index is 12.4. The molecular weight excluding hydrogens is 244 g/mol. The van der Waals surface area contributed by atoms with Gasteiger partial charge in [0.25, 0.3) is 0 Å². The highest BCUT2D eigenvalue weighted by atomic mass is 32.1. The van der Waals surface area contributed by atoms with Crippen LogP contribution in [0, 0.1) is 6.92 Å². The lowest BCUT2D eigenvalue weighted by atomic mass is 9.91. The highest BCUT2D eigenvalue weighted by molar-refractivity contribution is 7.08. The first kappa shape index (κ1) is 13.6. The third-order valence-corrected chi connectivity index (χ3v) is 4.67. The Bertz CT molecular complexity index is 408. The van der Waals surface area contributed by atoms with Crippen LogP contribution in [0.15, 0.2) is 10.8 Å². The lowest BCUT2D eigenvalue weighted by molar-refractivity contribution is -0.127. The standard InChI is InChI=1S/C14H22N2OS/c1-3-5-14(6-4-7-16-14)13(17)15-8-12-10-18-9-11(12)2/h9-10,16H,3-8H2,1-2H3,(H,15,17).